The normalized spacial score (nSPS) is 13.8. The Balaban J connectivity index is 1.52. The molecule has 1 aliphatic rings. The molecule has 1 N–H and O–H groups in total. The van der Waals surface area contributed by atoms with Crippen molar-refractivity contribution >= 4 is 23.2 Å². The molecule has 0 bridgehead atoms. The molecule has 0 unspecified atom stereocenters. The van der Waals surface area contributed by atoms with Crippen molar-refractivity contribution in [3.05, 3.63) is 64.6 Å². The zero-order valence-electron chi connectivity index (χ0n) is 13.2. The third-order valence-electron chi connectivity index (χ3n) is 3.74. The van der Waals surface area contributed by atoms with Crippen LogP contribution in [0.4, 0.5) is 0 Å². The van der Waals surface area contributed by atoms with Crippen molar-refractivity contribution in [3.63, 3.8) is 0 Å². The first kappa shape index (κ1) is 16.4. The Kier molecular flexibility index (Phi) is 5.38. The van der Waals surface area contributed by atoms with Gasteiger partial charge in [-0.05, 0) is 35.9 Å². The molecular formula is C18H19N3O2S. The molecule has 0 radical (unpaired) electrons. The summed E-state index contributed by atoms with van der Waals surface area (Å²) in [5.74, 6) is -0.387. The Labute approximate surface area is 145 Å². The molecule has 124 valence electrons. The molecule has 0 atom stereocenters. The molecule has 6 heteroatoms. The number of hydrogen-bond acceptors (Lipinski definition) is 4. The average Bonchev–Trinajstić information content (AvgIpc) is 3.32. The summed E-state index contributed by atoms with van der Waals surface area (Å²) in [5, 5.41) is 4.76. The summed E-state index contributed by atoms with van der Waals surface area (Å²) in [7, 11) is 0. The summed E-state index contributed by atoms with van der Waals surface area (Å²) >= 11 is 1.64. The third-order valence-corrected chi connectivity index (χ3v) is 4.60. The molecule has 1 saturated carbocycles. The molecular weight excluding hydrogens is 322 g/mol. The van der Waals surface area contributed by atoms with Crippen molar-refractivity contribution in [2.45, 2.75) is 32.0 Å². The van der Waals surface area contributed by atoms with Gasteiger partial charge < -0.3 is 10.2 Å². The fraction of sp³-hybridized carbons (Fsp3) is 0.278. The summed E-state index contributed by atoms with van der Waals surface area (Å²) in [6, 6.07) is 8.02. The van der Waals surface area contributed by atoms with Crippen molar-refractivity contribution < 1.29 is 9.59 Å². The summed E-state index contributed by atoms with van der Waals surface area (Å²) in [5.41, 5.74) is 0.919. The lowest BCUT2D eigenvalue weighted by molar-refractivity contribution is -0.127. The predicted octanol–water partition coefficient (Wildman–Crippen LogP) is 2.51. The maximum atomic E-state index is 12.4. The molecule has 24 heavy (non-hydrogen) atoms. The largest absolute Gasteiger partial charge is 0.348 e. The molecule has 5 nitrogen and oxygen atoms in total. The van der Waals surface area contributed by atoms with E-state index >= 15 is 0 Å². The van der Waals surface area contributed by atoms with Crippen LogP contribution in [0.15, 0.2) is 54.2 Å². The van der Waals surface area contributed by atoms with Gasteiger partial charge in [0, 0.05) is 42.0 Å². The fourth-order valence-electron chi connectivity index (χ4n) is 2.34. The first-order chi connectivity index (χ1) is 11.7. The quantitative estimate of drug-likeness (QED) is 0.787. The van der Waals surface area contributed by atoms with Gasteiger partial charge in [0.2, 0.25) is 11.8 Å². The van der Waals surface area contributed by atoms with Gasteiger partial charge in [-0.1, -0.05) is 12.1 Å². The van der Waals surface area contributed by atoms with E-state index in [1.165, 1.54) is 12.2 Å². The Morgan fingerprint density at radius 2 is 2.17 bits per heavy atom. The van der Waals surface area contributed by atoms with Crippen LogP contribution in [0.5, 0.6) is 0 Å². The predicted molar refractivity (Wildman–Crippen MR) is 93.1 cm³/mol. The van der Waals surface area contributed by atoms with Crippen LogP contribution in [0.1, 0.15) is 23.3 Å². The Morgan fingerprint density at radius 3 is 2.83 bits per heavy atom. The highest BCUT2D eigenvalue weighted by atomic mass is 32.1. The number of aromatic nitrogens is 1. The molecule has 2 heterocycles. The smallest absolute Gasteiger partial charge is 0.247 e. The average molecular weight is 341 g/mol. The second kappa shape index (κ2) is 7.88. The number of carbonyl (C=O) groups excluding carboxylic acids is 2. The Bertz CT molecular complexity index is 709. The van der Waals surface area contributed by atoms with Crippen molar-refractivity contribution in [2.24, 2.45) is 0 Å². The first-order valence-electron chi connectivity index (χ1n) is 7.90. The minimum absolute atomic E-state index is 0.109. The number of thiophene rings is 1. The van der Waals surface area contributed by atoms with Crippen molar-refractivity contribution in [2.75, 3.05) is 0 Å². The van der Waals surface area contributed by atoms with Crippen molar-refractivity contribution in [3.8, 4) is 0 Å². The van der Waals surface area contributed by atoms with E-state index in [1.807, 2.05) is 34.5 Å². The third kappa shape index (κ3) is 4.76. The maximum absolute atomic E-state index is 12.4. The minimum atomic E-state index is -0.279. The molecule has 1 fully saturated rings. The van der Waals surface area contributed by atoms with Crippen LogP contribution in [0.3, 0.4) is 0 Å². The minimum Gasteiger partial charge on any atom is -0.348 e. The van der Waals surface area contributed by atoms with E-state index in [1.54, 1.807) is 23.7 Å². The zero-order chi connectivity index (χ0) is 16.8. The van der Waals surface area contributed by atoms with Gasteiger partial charge in [0.15, 0.2) is 0 Å². The number of amides is 2. The van der Waals surface area contributed by atoms with Crippen molar-refractivity contribution in [1.29, 1.82) is 0 Å². The highest BCUT2D eigenvalue weighted by molar-refractivity contribution is 7.09. The number of rotatable bonds is 7. The van der Waals surface area contributed by atoms with Gasteiger partial charge in [0.25, 0.3) is 0 Å². The standard InChI is InChI=1S/C18H19N3O2S/c22-17(20-12-14-3-1-9-19-11-14)7-8-18(23)21(15-5-6-15)13-16-4-2-10-24-16/h1-4,7-11,15H,5-6,12-13H2,(H,20,22). The lowest BCUT2D eigenvalue weighted by atomic mass is 10.3. The van der Waals surface area contributed by atoms with E-state index in [4.69, 9.17) is 0 Å². The number of nitrogens with one attached hydrogen (secondary N) is 1. The van der Waals surface area contributed by atoms with Crippen LogP contribution in [0.25, 0.3) is 0 Å². The molecule has 2 aromatic heterocycles. The molecule has 0 aliphatic heterocycles. The maximum Gasteiger partial charge on any atom is 0.247 e. The number of hydrogen-bond donors (Lipinski definition) is 1. The van der Waals surface area contributed by atoms with Gasteiger partial charge in [-0.3, -0.25) is 14.6 Å². The van der Waals surface area contributed by atoms with Gasteiger partial charge in [-0.2, -0.15) is 0 Å². The van der Waals surface area contributed by atoms with Gasteiger partial charge in [0.05, 0.1) is 6.54 Å². The Morgan fingerprint density at radius 1 is 1.29 bits per heavy atom. The number of nitrogens with zero attached hydrogens (tertiary/aromatic N) is 2. The lowest BCUT2D eigenvalue weighted by Crippen LogP contribution is -2.31. The van der Waals surface area contributed by atoms with Gasteiger partial charge in [-0.25, -0.2) is 0 Å². The van der Waals surface area contributed by atoms with E-state index in [9.17, 15) is 9.59 Å². The lowest BCUT2D eigenvalue weighted by Gasteiger charge is -2.19. The molecule has 2 aromatic rings. The number of carbonyl (C=O) groups is 2. The SMILES string of the molecule is O=C(C=CC(=O)N(Cc1cccs1)C1CC1)NCc1cccnc1. The topological polar surface area (TPSA) is 62.3 Å². The molecule has 1 aliphatic carbocycles. The molecule has 2 amide bonds. The van der Waals surface area contributed by atoms with E-state index in [2.05, 4.69) is 10.3 Å². The van der Waals surface area contributed by atoms with Crippen LogP contribution in [0.2, 0.25) is 0 Å². The first-order valence-corrected chi connectivity index (χ1v) is 8.78. The van der Waals surface area contributed by atoms with Crippen LogP contribution in [0, 0.1) is 0 Å². The van der Waals surface area contributed by atoms with Crippen LogP contribution in [-0.2, 0) is 22.7 Å². The van der Waals surface area contributed by atoms with Crippen LogP contribution >= 0.6 is 11.3 Å². The van der Waals surface area contributed by atoms with E-state index in [-0.39, 0.29) is 11.8 Å². The molecule has 0 saturated heterocycles. The highest BCUT2D eigenvalue weighted by Gasteiger charge is 2.31. The van der Waals surface area contributed by atoms with Gasteiger partial charge in [0.1, 0.15) is 0 Å². The number of pyridine rings is 1. The summed E-state index contributed by atoms with van der Waals surface area (Å²) in [6.45, 7) is 1.01. The summed E-state index contributed by atoms with van der Waals surface area (Å²) < 4.78 is 0. The van der Waals surface area contributed by atoms with Gasteiger partial charge >= 0.3 is 0 Å². The highest BCUT2D eigenvalue weighted by Crippen LogP contribution is 2.29. The molecule has 0 aromatic carbocycles. The van der Waals surface area contributed by atoms with E-state index in [0.29, 0.717) is 19.1 Å². The van der Waals surface area contributed by atoms with Crippen molar-refractivity contribution in [1.82, 2.24) is 15.2 Å². The van der Waals surface area contributed by atoms with Crippen LogP contribution < -0.4 is 5.32 Å². The zero-order valence-corrected chi connectivity index (χ0v) is 14.0. The molecule has 3 rings (SSSR count). The molecule has 0 spiro atoms. The van der Waals surface area contributed by atoms with E-state index < -0.39 is 0 Å². The van der Waals surface area contributed by atoms with Gasteiger partial charge in [-0.15, -0.1) is 11.3 Å². The Hall–Kier alpha value is -2.47. The second-order valence-electron chi connectivity index (χ2n) is 5.69. The van der Waals surface area contributed by atoms with Crippen LogP contribution in [-0.4, -0.2) is 27.7 Å². The second-order valence-corrected chi connectivity index (χ2v) is 6.72. The summed E-state index contributed by atoms with van der Waals surface area (Å²) in [6.07, 6.45) is 8.14. The fourth-order valence-corrected chi connectivity index (χ4v) is 3.04. The van der Waals surface area contributed by atoms with E-state index in [0.717, 1.165) is 23.3 Å². The summed E-state index contributed by atoms with van der Waals surface area (Å²) in [4.78, 5) is 31.2. The monoisotopic (exact) mass is 341 g/mol.